The van der Waals surface area contributed by atoms with E-state index in [1.807, 2.05) is 0 Å². The van der Waals surface area contributed by atoms with Crippen LogP contribution in [0.25, 0.3) is 0 Å². The molecule has 0 amide bonds. The molecule has 0 saturated carbocycles. The molecule has 0 aromatic rings. The van der Waals surface area contributed by atoms with Crippen molar-refractivity contribution in [3.63, 3.8) is 0 Å². The van der Waals surface area contributed by atoms with E-state index in [1.54, 1.807) is 7.11 Å². The van der Waals surface area contributed by atoms with Crippen molar-refractivity contribution in [2.45, 2.75) is 0 Å². The third-order valence-electron chi connectivity index (χ3n) is 0.873. The molecule has 4 heteroatoms. The maximum atomic E-state index is 4.58. The minimum atomic E-state index is 0.729. The Kier molecular flexibility index (Phi) is 1.69. The van der Waals surface area contributed by atoms with E-state index in [9.17, 15) is 0 Å². The molecule has 2 N–H and O–H groups in total. The third kappa shape index (κ3) is 1.10. The minimum Gasteiger partial charge on any atom is -0.353 e. The first-order valence-electron chi connectivity index (χ1n) is 2.51. The molecule has 1 aliphatic rings. The summed E-state index contributed by atoms with van der Waals surface area (Å²) in [6, 6.07) is 0. The van der Waals surface area contributed by atoms with Crippen LogP contribution in [0.3, 0.4) is 0 Å². The largest absolute Gasteiger partial charge is 0.353 e. The highest BCUT2D eigenvalue weighted by Gasteiger charge is 2.00. The lowest BCUT2D eigenvalue weighted by Gasteiger charge is -1.99. The van der Waals surface area contributed by atoms with Crippen LogP contribution in [0.1, 0.15) is 0 Å². The molecule has 8 heavy (non-hydrogen) atoms. The molecule has 1 rings (SSSR count). The van der Waals surface area contributed by atoms with Gasteiger partial charge in [0.25, 0.3) is 0 Å². The maximum absolute atomic E-state index is 4.58. The summed E-state index contributed by atoms with van der Waals surface area (Å²) >= 11 is 0. The zero-order valence-corrected chi connectivity index (χ0v) is 4.77. The van der Waals surface area contributed by atoms with Gasteiger partial charge in [-0.25, -0.2) is 10.5 Å². The molecule has 1 aliphatic heterocycles. The summed E-state index contributed by atoms with van der Waals surface area (Å²) in [7, 11) is 1.56. The highest BCUT2D eigenvalue weighted by Crippen LogP contribution is 1.78. The van der Waals surface area contributed by atoms with Crippen LogP contribution >= 0.6 is 0 Å². The van der Waals surface area contributed by atoms with E-state index in [-0.39, 0.29) is 0 Å². The zero-order chi connectivity index (χ0) is 5.82. The highest BCUT2D eigenvalue weighted by molar-refractivity contribution is 5.80. The summed E-state index contributed by atoms with van der Waals surface area (Å²) in [4.78, 5) is 8.58. The molecule has 0 atom stereocenters. The Balaban J connectivity index is 2.23. The molecule has 0 aliphatic carbocycles. The number of hydrogen-bond donors (Lipinski definition) is 2. The van der Waals surface area contributed by atoms with Gasteiger partial charge in [0.15, 0.2) is 0 Å². The molecular formula is C4H9N3O. The van der Waals surface area contributed by atoms with Crippen LogP contribution in [0.15, 0.2) is 4.99 Å². The Labute approximate surface area is 47.9 Å². The Bertz CT molecular complexity index is 101. The Morgan fingerprint density at radius 3 is 3.25 bits per heavy atom. The lowest BCUT2D eigenvalue weighted by Crippen LogP contribution is -2.32. The second-order valence-corrected chi connectivity index (χ2v) is 1.46. The van der Waals surface area contributed by atoms with Crippen molar-refractivity contribution in [3.05, 3.63) is 0 Å². The maximum Gasteiger partial charge on any atom is 0.215 e. The van der Waals surface area contributed by atoms with E-state index in [0.717, 1.165) is 19.0 Å². The van der Waals surface area contributed by atoms with Gasteiger partial charge in [-0.1, -0.05) is 0 Å². The van der Waals surface area contributed by atoms with E-state index >= 15 is 0 Å². The number of nitrogens with zero attached hydrogens (tertiary/aromatic N) is 1. The summed E-state index contributed by atoms with van der Waals surface area (Å²) in [5.74, 6) is 0.729. The van der Waals surface area contributed by atoms with Crippen LogP contribution in [0, 0.1) is 0 Å². The number of hydroxylamine groups is 1. The molecule has 0 spiro atoms. The summed E-state index contributed by atoms with van der Waals surface area (Å²) in [5, 5.41) is 2.97. The van der Waals surface area contributed by atoms with E-state index in [0.29, 0.717) is 0 Å². The van der Waals surface area contributed by atoms with Crippen LogP contribution in [-0.4, -0.2) is 26.2 Å². The Hall–Kier alpha value is -0.770. The second kappa shape index (κ2) is 2.52. The summed E-state index contributed by atoms with van der Waals surface area (Å²) in [5.41, 5.74) is 2.58. The van der Waals surface area contributed by atoms with Gasteiger partial charge in [0, 0.05) is 6.54 Å². The normalized spacial score (nSPS) is 17.4. The standard InChI is InChI=1S/C4H9N3O/c1-8-7-4-5-2-3-6-4/h2-3H2,1H3,(H2,5,6,7). The number of hydrogen-bond acceptors (Lipinski definition) is 4. The fraction of sp³-hybridized carbons (Fsp3) is 0.750. The van der Waals surface area contributed by atoms with Crippen molar-refractivity contribution in [1.82, 2.24) is 10.8 Å². The summed E-state index contributed by atoms with van der Waals surface area (Å²) in [6.45, 7) is 1.75. The first-order chi connectivity index (χ1) is 3.93. The average Bonchev–Trinajstić information content (AvgIpc) is 2.19. The lowest BCUT2D eigenvalue weighted by atomic mass is 10.7. The van der Waals surface area contributed by atoms with Gasteiger partial charge in [-0.2, -0.15) is 0 Å². The van der Waals surface area contributed by atoms with Crippen LogP contribution in [0.5, 0.6) is 0 Å². The van der Waals surface area contributed by atoms with Gasteiger partial charge in [-0.3, -0.25) is 4.84 Å². The predicted molar refractivity (Wildman–Crippen MR) is 30.4 cm³/mol. The topological polar surface area (TPSA) is 45.6 Å². The van der Waals surface area contributed by atoms with Crippen LogP contribution in [0.2, 0.25) is 0 Å². The van der Waals surface area contributed by atoms with Gasteiger partial charge < -0.3 is 5.32 Å². The van der Waals surface area contributed by atoms with E-state index < -0.39 is 0 Å². The molecule has 0 bridgehead atoms. The van der Waals surface area contributed by atoms with Crippen molar-refractivity contribution in [2.75, 3.05) is 20.2 Å². The molecule has 1 heterocycles. The molecule has 0 radical (unpaired) electrons. The smallest absolute Gasteiger partial charge is 0.215 e. The molecule has 46 valence electrons. The van der Waals surface area contributed by atoms with Gasteiger partial charge in [-0.05, 0) is 0 Å². The molecule has 0 aromatic heterocycles. The highest BCUT2D eigenvalue weighted by atomic mass is 16.6. The van der Waals surface area contributed by atoms with Crippen molar-refractivity contribution < 1.29 is 4.84 Å². The monoisotopic (exact) mass is 115 g/mol. The Morgan fingerprint density at radius 1 is 1.88 bits per heavy atom. The zero-order valence-electron chi connectivity index (χ0n) is 4.77. The number of rotatable bonds is 1. The van der Waals surface area contributed by atoms with Crippen molar-refractivity contribution in [1.29, 1.82) is 0 Å². The fourth-order valence-corrected chi connectivity index (χ4v) is 0.563. The van der Waals surface area contributed by atoms with Gasteiger partial charge >= 0.3 is 0 Å². The molecule has 0 saturated heterocycles. The quantitative estimate of drug-likeness (QED) is 0.435. The predicted octanol–water partition coefficient (Wildman–Crippen LogP) is -0.903. The van der Waals surface area contributed by atoms with Gasteiger partial charge in [-0.15, -0.1) is 0 Å². The van der Waals surface area contributed by atoms with Crippen molar-refractivity contribution >= 4 is 5.96 Å². The SMILES string of the molecule is CONC1=NCCN1. The number of nitrogens with one attached hydrogen (secondary N) is 2. The average molecular weight is 115 g/mol. The van der Waals surface area contributed by atoms with Gasteiger partial charge in [0.1, 0.15) is 0 Å². The number of aliphatic imine (C=N–C) groups is 1. The fourth-order valence-electron chi connectivity index (χ4n) is 0.563. The van der Waals surface area contributed by atoms with Crippen LogP contribution < -0.4 is 10.8 Å². The second-order valence-electron chi connectivity index (χ2n) is 1.46. The van der Waals surface area contributed by atoms with E-state index in [2.05, 4.69) is 20.6 Å². The van der Waals surface area contributed by atoms with Crippen LogP contribution in [0.4, 0.5) is 0 Å². The first kappa shape index (κ1) is 5.37. The molecule has 0 fully saturated rings. The van der Waals surface area contributed by atoms with E-state index in [1.165, 1.54) is 0 Å². The number of guanidine groups is 1. The Morgan fingerprint density at radius 2 is 2.75 bits per heavy atom. The first-order valence-corrected chi connectivity index (χ1v) is 2.51. The van der Waals surface area contributed by atoms with Crippen molar-refractivity contribution in [2.24, 2.45) is 4.99 Å². The molecule has 0 unspecified atom stereocenters. The summed E-state index contributed by atoms with van der Waals surface area (Å²) in [6.07, 6.45) is 0. The van der Waals surface area contributed by atoms with E-state index in [4.69, 9.17) is 0 Å². The minimum absolute atomic E-state index is 0.729. The lowest BCUT2D eigenvalue weighted by molar-refractivity contribution is 0.142. The molecule has 4 nitrogen and oxygen atoms in total. The van der Waals surface area contributed by atoms with Crippen LogP contribution in [-0.2, 0) is 4.84 Å². The van der Waals surface area contributed by atoms with Gasteiger partial charge in [0.2, 0.25) is 5.96 Å². The van der Waals surface area contributed by atoms with Crippen molar-refractivity contribution in [3.8, 4) is 0 Å². The van der Waals surface area contributed by atoms with Gasteiger partial charge in [0.05, 0.1) is 13.7 Å². The summed E-state index contributed by atoms with van der Waals surface area (Å²) < 4.78 is 0. The molecule has 0 aromatic carbocycles. The molecular weight excluding hydrogens is 106 g/mol. The third-order valence-corrected chi connectivity index (χ3v) is 0.873.